The lowest BCUT2D eigenvalue weighted by atomic mass is 10.1. The van der Waals surface area contributed by atoms with Crippen molar-refractivity contribution in [3.8, 4) is 0 Å². The number of hydrogen-bond donors (Lipinski definition) is 1. The number of hydrogen-bond acceptors (Lipinski definition) is 6. The Labute approximate surface area is 195 Å². The maximum Gasteiger partial charge on any atom is 0.410 e. The van der Waals surface area contributed by atoms with Crippen LogP contribution in [0.3, 0.4) is 0 Å². The van der Waals surface area contributed by atoms with Crippen LogP contribution in [0.25, 0.3) is 0 Å². The Bertz CT molecular complexity index is 939. The van der Waals surface area contributed by atoms with Crippen LogP contribution in [-0.4, -0.2) is 58.8 Å². The Morgan fingerprint density at radius 3 is 2.61 bits per heavy atom. The van der Waals surface area contributed by atoms with Gasteiger partial charge in [-0.05, 0) is 51.3 Å². The fourth-order valence-corrected chi connectivity index (χ4v) is 3.65. The molecule has 1 aliphatic heterocycles. The van der Waals surface area contributed by atoms with Crippen LogP contribution in [0.4, 0.5) is 4.79 Å². The molecule has 2 N–H and O–H groups in total. The molecule has 1 aliphatic rings. The maximum absolute atomic E-state index is 12.9. The lowest BCUT2D eigenvalue weighted by Crippen LogP contribution is -2.40. The SMILES string of the molecule is CN(C(=O)c1ccnc(C(N)CN(Cc2ccccc2)C(=O)OC(C)(C)C)c1)C1CCCO1. The van der Waals surface area contributed by atoms with Gasteiger partial charge in [-0.25, -0.2) is 4.79 Å². The summed E-state index contributed by atoms with van der Waals surface area (Å²) < 4.78 is 11.2. The minimum absolute atomic E-state index is 0.147. The van der Waals surface area contributed by atoms with E-state index in [1.54, 1.807) is 35.2 Å². The Morgan fingerprint density at radius 1 is 1.24 bits per heavy atom. The molecule has 2 amide bonds. The van der Waals surface area contributed by atoms with E-state index in [1.807, 2.05) is 51.1 Å². The summed E-state index contributed by atoms with van der Waals surface area (Å²) in [6.45, 7) is 6.68. The highest BCUT2D eigenvalue weighted by molar-refractivity contribution is 5.94. The van der Waals surface area contributed by atoms with Crippen LogP contribution in [0.15, 0.2) is 48.7 Å². The topological polar surface area (TPSA) is 98.0 Å². The van der Waals surface area contributed by atoms with Gasteiger partial charge in [0.25, 0.3) is 5.91 Å². The van der Waals surface area contributed by atoms with Crippen molar-refractivity contribution >= 4 is 12.0 Å². The molecule has 1 saturated heterocycles. The molecule has 2 atom stereocenters. The Balaban J connectivity index is 1.75. The fourth-order valence-electron chi connectivity index (χ4n) is 3.65. The molecule has 1 aromatic carbocycles. The van der Waals surface area contributed by atoms with Gasteiger partial charge in [-0.1, -0.05) is 30.3 Å². The zero-order valence-corrected chi connectivity index (χ0v) is 19.9. The molecular weight excluding hydrogens is 420 g/mol. The maximum atomic E-state index is 12.9. The molecule has 1 fully saturated rings. The van der Waals surface area contributed by atoms with Crippen LogP contribution < -0.4 is 5.73 Å². The summed E-state index contributed by atoms with van der Waals surface area (Å²) in [5.41, 5.74) is 7.81. The van der Waals surface area contributed by atoms with Gasteiger partial charge in [-0.3, -0.25) is 9.78 Å². The molecule has 0 spiro atoms. The van der Waals surface area contributed by atoms with Gasteiger partial charge >= 0.3 is 6.09 Å². The normalized spacial score (nSPS) is 16.8. The van der Waals surface area contributed by atoms with Crippen molar-refractivity contribution in [2.24, 2.45) is 5.73 Å². The van der Waals surface area contributed by atoms with E-state index in [2.05, 4.69) is 4.98 Å². The number of ether oxygens (including phenoxy) is 2. The predicted molar refractivity (Wildman–Crippen MR) is 125 cm³/mol. The monoisotopic (exact) mass is 454 g/mol. The molecule has 2 aromatic rings. The summed E-state index contributed by atoms with van der Waals surface area (Å²) in [6, 6.07) is 12.4. The van der Waals surface area contributed by atoms with Crippen molar-refractivity contribution in [2.45, 2.75) is 58.0 Å². The van der Waals surface area contributed by atoms with Gasteiger partial charge in [0, 0.05) is 38.5 Å². The molecule has 0 bridgehead atoms. The largest absolute Gasteiger partial charge is 0.444 e. The third kappa shape index (κ3) is 7.00. The Hall–Kier alpha value is -2.97. The van der Waals surface area contributed by atoms with Crippen molar-refractivity contribution in [3.05, 3.63) is 65.5 Å². The number of benzene rings is 1. The Morgan fingerprint density at radius 2 is 1.97 bits per heavy atom. The first-order chi connectivity index (χ1) is 15.6. The van der Waals surface area contributed by atoms with Crippen LogP contribution in [0.2, 0.25) is 0 Å². The number of rotatable bonds is 7. The third-order valence-corrected chi connectivity index (χ3v) is 5.35. The van der Waals surface area contributed by atoms with E-state index in [0.717, 1.165) is 18.4 Å². The summed E-state index contributed by atoms with van der Waals surface area (Å²) >= 11 is 0. The second kappa shape index (κ2) is 10.8. The first-order valence-electron chi connectivity index (χ1n) is 11.3. The Kier molecular flexibility index (Phi) is 8.05. The van der Waals surface area contributed by atoms with E-state index in [0.29, 0.717) is 24.4 Å². The standard InChI is InChI=1S/C25H34N4O4/c1-25(2,3)33-24(31)29(16-18-9-6-5-7-10-18)17-20(26)21-15-19(12-13-27-21)23(30)28(4)22-11-8-14-32-22/h5-7,9-10,12-13,15,20,22H,8,11,14,16-17,26H2,1-4H3. The minimum atomic E-state index is -0.631. The second-order valence-corrected chi connectivity index (χ2v) is 9.31. The first-order valence-corrected chi connectivity index (χ1v) is 11.3. The molecule has 2 heterocycles. The van der Waals surface area contributed by atoms with Crippen molar-refractivity contribution in [1.29, 1.82) is 0 Å². The van der Waals surface area contributed by atoms with Gasteiger partial charge in [0.1, 0.15) is 11.8 Å². The van der Waals surface area contributed by atoms with Gasteiger partial charge in [0.2, 0.25) is 0 Å². The molecule has 8 heteroatoms. The summed E-state index contributed by atoms with van der Waals surface area (Å²) in [5.74, 6) is -0.147. The summed E-state index contributed by atoms with van der Waals surface area (Å²) in [4.78, 5) is 33.4. The van der Waals surface area contributed by atoms with E-state index in [4.69, 9.17) is 15.2 Å². The van der Waals surface area contributed by atoms with Gasteiger partial charge in [-0.2, -0.15) is 0 Å². The fraction of sp³-hybridized carbons (Fsp3) is 0.480. The predicted octanol–water partition coefficient (Wildman–Crippen LogP) is 3.73. The lowest BCUT2D eigenvalue weighted by Gasteiger charge is -2.29. The molecule has 2 unspecified atom stereocenters. The second-order valence-electron chi connectivity index (χ2n) is 9.31. The number of amides is 2. The highest BCUT2D eigenvalue weighted by atomic mass is 16.6. The van der Waals surface area contributed by atoms with Crippen LogP contribution in [0.1, 0.15) is 61.3 Å². The number of nitrogens with two attached hydrogens (primary N) is 1. The zero-order chi connectivity index (χ0) is 24.0. The molecule has 3 rings (SSSR count). The first kappa shape index (κ1) is 24.7. The average molecular weight is 455 g/mol. The summed E-state index contributed by atoms with van der Waals surface area (Å²) in [6.07, 6.45) is 2.67. The van der Waals surface area contributed by atoms with E-state index in [9.17, 15) is 9.59 Å². The smallest absolute Gasteiger partial charge is 0.410 e. The molecule has 0 aliphatic carbocycles. The summed E-state index contributed by atoms with van der Waals surface area (Å²) in [5, 5.41) is 0. The molecule has 0 radical (unpaired) electrons. The lowest BCUT2D eigenvalue weighted by molar-refractivity contribution is 0.000816. The number of carbonyl (C=O) groups excluding carboxylic acids is 2. The van der Waals surface area contributed by atoms with Crippen molar-refractivity contribution in [3.63, 3.8) is 0 Å². The van der Waals surface area contributed by atoms with Crippen molar-refractivity contribution in [1.82, 2.24) is 14.8 Å². The molecule has 1 aromatic heterocycles. The van der Waals surface area contributed by atoms with Gasteiger partial charge in [-0.15, -0.1) is 0 Å². The number of carbonyl (C=O) groups is 2. The molecule has 0 saturated carbocycles. The van der Waals surface area contributed by atoms with E-state index in [-0.39, 0.29) is 18.7 Å². The van der Waals surface area contributed by atoms with Crippen molar-refractivity contribution in [2.75, 3.05) is 20.2 Å². The van der Waals surface area contributed by atoms with Gasteiger partial charge < -0.3 is 25.0 Å². The number of nitrogens with zero attached hydrogens (tertiary/aromatic N) is 3. The molecule has 178 valence electrons. The molecule has 33 heavy (non-hydrogen) atoms. The van der Waals surface area contributed by atoms with Crippen LogP contribution >= 0.6 is 0 Å². The average Bonchev–Trinajstić information content (AvgIpc) is 3.32. The van der Waals surface area contributed by atoms with Crippen LogP contribution in [0.5, 0.6) is 0 Å². The quantitative estimate of drug-likeness (QED) is 0.685. The minimum Gasteiger partial charge on any atom is -0.444 e. The number of pyridine rings is 1. The van der Waals surface area contributed by atoms with Gasteiger partial charge in [0.05, 0.1) is 11.7 Å². The van der Waals surface area contributed by atoms with E-state index < -0.39 is 17.7 Å². The number of aromatic nitrogens is 1. The highest BCUT2D eigenvalue weighted by Gasteiger charge is 2.27. The van der Waals surface area contributed by atoms with Crippen LogP contribution in [0, 0.1) is 0 Å². The van der Waals surface area contributed by atoms with E-state index in [1.165, 1.54) is 0 Å². The van der Waals surface area contributed by atoms with E-state index >= 15 is 0 Å². The van der Waals surface area contributed by atoms with Crippen molar-refractivity contribution < 1.29 is 19.1 Å². The molecular formula is C25H34N4O4. The highest BCUT2D eigenvalue weighted by Crippen LogP contribution is 2.20. The molecule has 8 nitrogen and oxygen atoms in total. The summed E-state index contributed by atoms with van der Waals surface area (Å²) in [7, 11) is 1.74. The zero-order valence-electron chi connectivity index (χ0n) is 19.9. The third-order valence-electron chi connectivity index (χ3n) is 5.35. The van der Waals surface area contributed by atoms with Crippen LogP contribution in [-0.2, 0) is 16.0 Å². The van der Waals surface area contributed by atoms with Gasteiger partial charge in [0.15, 0.2) is 0 Å².